The molecule has 0 saturated heterocycles. The van der Waals surface area contributed by atoms with E-state index in [0.29, 0.717) is 11.8 Å². The Bertz CT molecular complexity index is 562. The Balaban J connectivity index is 1.95. The second-order valence-corrected chi connectivity index (χ2v) is 5.16. The normalized spacial score (nSPS) is 16.7. The topological polar surface area (TPSA) is 42.4 Å². The van der Waals surface area contributed by atoms with Gasteiger partial charge >= 0.3 is 0 Å². The van der Waals surface area contributed by atoms with Crippen molar-refractivity contribution in [3.05, 3.63) is 36.0 Å². The Hall–Kier alpha value is -1.61. The number of ether oxygens (including phenoxy) is 1. The van der Waals surface area contributed by atoms with Crippen LogP contribution in [0.25, 0.3) is 10.9 Å². The van der Waals surface area contributed by atoms with E-state index in [4.69, 9.17) is 4.74 Å². The van der Waals surface area contributed by atoms with Crippen molar-refractivity contribution in [3.8, 4) is 5.75 Å². The zero-order valence-corrected chi connectivity index (χ0v) is 11.0. The van der Waals surface area contributed by atoms with Crippen molar-refractivity contribution >= 4 is 10.9 Å². The minimum atomic E-state index is -0.0497. The number of aromatic nitrogens is 1. The molecule has 3 heteroatoms. The summed E-state index contributed by atoms with van der Waals surface area (Å²) < 4.78 is 6.16. The third-order valence-electron chi connectivity index (χ3n) is 3.74. The summed E-state index contributed by atoms with van der Waals surface area (Å²) >= 11 is 0. The van der Waals surface area contributed by atoms with Gasteiger partial charge in [-0.05, 0) is 37.8 Å². The first-order valence-corrected chi connectivity index (χ1v) is 7.03. The van der Waals surface area contributed by atoms with Gasteiger partial charge in [0.25, 0.3) is 0 Å². The molecule has 0 bridgehead atoms. The van der Waals surface area contributed by atoms with Gasteiger partial charge in [0, 0.05) is 11.5 Å². The van der Waals surface area contributed by atoms with Gasteiger partial charge in [0.15, 0.2) is 0 Å². The second kappa shape index (κ2) is 5.57. The number of para-hydroxylation sites is 1. The molecule has 100 valence electrons. The Kier molecular flexibility index (Phi) is 3.65. The summed E-state index contributed by atoms with van der Waals surface area (Å²) in [5.74, 6) is 0.863. The van der Waals surface area contributed by atoms with Gasteiger partial charge in [-0.25, -0.2) is 0 Å². The SMILES string of the molecule is OCc1cc(OC2CCCCC2)c2ccccc2n1. The van der Waals surface area contributed by atoms with Gasteiger partial charge in [-0.15, -0.1) is 0 Å². The smallest absolute Gasteiger partial charge is 0.131 e. The molecule has 0 atom stereocenters. The first kappa shape index (κ1) is 12.4. The summed E-state index contributed by atoms with van der Waals surface area (Å²) in [6.07, 6.45) is 6.39. The highest BCUT2D eigenvalue weighted by molar-refractivity contribution is 5.85. The van der Waals surface area contributed by atoms with Crippen molar-refractivity contribution in [2.45, 2.75) is 44.8 Å². The molecule has 19 heavy (non-hydrogen) atoms. The number of nitrogens with zero attached hydrogens (tertiary/aromatic N) is 1. The van der Waals surface area contributed by atoms with Crippen molar-refractivity contribution in [2.75, 3.05) is 0 Å². The molecule has 3 rings (SSSR count). The van der Waals surface area contributed by atoms with E-state index in [2.05, 4.69) is 4.98 Å². The van der Waals surface area contributed by atoms with Crippen LogP contribution in [0, 0.1) is 0 Å². The molecule has 1 aliphatic rings. The molecule has 0 aliphatic heterocycles. The molecule has 2 aromatic rings. The van der Waals surface area contributed by atoms with Crippen molar-refractivity contribution in [2.24, 2.45) is 0 Å². The van der Waals surface area contributed by atoms with Crippen LogP contribution in [0.3, 0.4) is 0 Å². The van der Waals surface area contributed by atoms with Gasteiger partial charge in [0.1, 0.15) is 5.75 Å². The number of hydrogen-bond donors (Lipinski definition) is 1. The first-order chi connectivity index (χ1) is 9.36. The summed E-state index contributed by atoms with van der Waals surface area (Å²) in [5, 5.41) is 10.3. The highest BCUT2D eigenvalue weighted by Crippen LogP contribution is 2.29. The van der Waals surface area contributed by atoms with Gasteiger partial charge in [-0.3, -0.25) is 4.98 Å². The van der Waals surface area contributed by atoms with Gasteiger partial charge in [0.05, 0.1) is 23.9 Å². The Labute approximate surface area is 113 Å². The Morgan fingerprint density at radius 3 is 2.74 bits per heavy atom. The van der Waals surface area contributed by atoms with Crippen LogP contribution in [0.2, 0.25) is 0 Å². The molecule has 1 aromatic carbocycles. The number of benzene rings is 1. The quantitative estimate of drug-likeness (QED) is 0.915. The molecule has 0 amide bonds. The molecule has 0 unspecified atom stereocenters. The summed E-state index contributed by atoms with van der Waals surface area (Å²) in [4.78, 5) is 4.42. The molecule has 1 fully saturated rings. The van der Waals surface area contributed by atoms with Crippen molar-refractivity contribution < 1.29 is 9.84 Å². The fourth-order valence-corrected chi connectivity index (χ4v) is 2.74. The fraction of sp³-hybridized carbons (Fsp3) is 0.438. The lowest BCUT2D eigenvalue weighted by atomic mass is 9.98. The molecule has 1 heterocycles. The van der Waals surface area contributed by atoms with Gasteiger partial charge < -0.3 is 9.84 Å². The zero-order chi connectivity index (χ0) is 13.1. The van der Waals surface area contributed by atoms with Crippen molar-refractivity contribution in [1.82, 2.24) is 4.98 Å². The van der Waals surface area contributed by atoms with Crippen LogP contribution in [0.5, 0.6) is 5.75 Å². The Morgan fingerprint density at radius 2 is 1.95 bits per heavy atom. The maximum atomic E-state index is 9.31. The van der Waals surface area contributed by atoms with E-state index >= 15 is 0 Å². The predicted octanol–water partition coefficient (Wildman–Crippen LogP) is 3.44. The average Bonchev–Trinajstić information content (AvgIpc) is 2.48. The van der Waals surface area contributed by atoms with Crippen LogP contribution < -0.4 is 4.74 Å². The standard InChI is InChI=1S/C16H19NO2/c18-11-12-10-16(19-13-6-2-1-3-7-13)14-8-4-5-9-15(14)17-12/h4-5,8-10,13,18H,1-3,6-7,11H2. The fourth-order valence-electron chi connectivity index (χ4n) is 2.74. The monoisotopic (exact) mass is 257 g/mol. The number of hydrogen-bond acceptors (Lipinski definition) is 3. The lowest BCUT2D eigenvalue weighted by molar-refractivity contribution is 0.156. The first-order valence-electron chi connectivity index (χ1n) is 7.03. The van der Waals surface area contributed by atoms with Gasteiger partial charge in [-0.2, -0.15) is 0 Å². The minimum Gasteiger partial charge on any atom is -0.490 e. The van der Waals surface area contributed by atoms with Crippen LogP contribution in [0.4, 0.5) is 0 Å². The second-order valence-electron chi connectivity index (χ2n) is 5.16. The van der Waals surface area contributed by atoms with E-state index in [1.165, 1.54) is 19.3 Å². The maximum Gasteiger partial charge on any atom is 0.131 e. The lowest BCUT2D eigenvalue weighted by Crippen LogP contribution is -2.19. The number of aliphatic hydroxyl groups excluding tert-OH is 1. The van der Waals surface area contributed by atoms with Gasteiger partial charge in [-0.1, -0.05) is 18.6 Å². The van der Waals surface area contributed by atoms with Crippen LogP contribution in [0.15, 0.2) is 30.3 Å². The molecule has 3 nitrogen and oxygen atoms in total. The zero-order valence-electron chi connectivity index (χ0n) is 11.0. The number of pyridine rings is 1. The van der Waals surface area contributed by atoms with Gasteiger partial charge in [0.2, 0.25) is 0 Å². The van der Waals surface area contributed by atoms with E-state index in [1.807, 2.05) is 30.3 Å². The van der Waals surface area contributed by atoms with Crippen molar-refractivity contribution in [1.29, 1.82) is 0 Å². The van der Waals surface area contributed by atoms with Crippen LogP contribution in [-0.2, 0) is 6.61 Å². The minimum absolute atomic E-state index is 0.0497. The van der Waals surface area contributed by atoms with Crippen molar-refractivity contribution in [3.63, 3.8) is 0 Å². The molecular weight excluding hydrogens is 238 g/mol. The van der Waals surface area contributed by atoms with Crippen LogP contribution in [0.1, 0.15) is 37.8 Å². The molecule has 1 N–H and O–H groups in total. The van der Waals surface area contributed by atoms with Crippen LogP contribution in [-0.4, -0.2) is 16.2 Å². The third kappa shape index (κ3) is 2.71. The number of rotatable bonds is 3. The molecular formula is C16H19NO2. The van der Waals surface area contributed by atoms with E-state index in [-0.39, 0.29) is 6.61 Å². The van der Waals surface area contributed by atoms with E-state index in [9.17, 15) is 5.11 Å². The largest absolute Gasteiger partial charge is 0.490 e. The maximum absolute atomic E-state index is 9.31. The summed E-state index contributed by atoms with van der Waals surface area (Å²) in [7, 11) is 0. The number of aliphatic hydroxyl groups is 1. The Morgan fingerprint density at radius 1 is 1.16 bits per heavy atom. The van der Waals surface area contributed by atoms with E-state index < -0.39 is 0 Å². The van der Waals surface area contributed by atoms with Crippen LogP contribution >= 0.6 is 0 Å². The van der Waals surface area contributed by atoms with E-state index in [0.717, 1.165) is 29.5 Å². The number of fused-ring (bicyclic) bond motifs is 1. The van der Waals surface area contributed by atoms with E-state index in [1.54, 1.807) is 0 Å². The molecule has 1 aromatic heterocycles. The molecule has 0 spiro atoms. The predicted molar refractivity (Wildman–Crippen MR) is 75.2 cm³/mol. The molecule has 0 radical (unpaired) electrons. The summed E-state index contributed by atoms with van der Waals surface area (Å²) in [6, 6.07) is 9.82. The lowest BCUT2D eigenvalue weighted by Gasteiger charge is -2.24. The summed E-state index contributed by atoms with van der Waals surface area (Å²) in [6.45, 7) is -0.0497. The average molecular weight is 257 g/mol. The molecule has 1 aliphatic carbocycles. The highest BCUT2D eigenvalue weighted by atomic mass is 16.5. The summed E-state index contributed by atoms with van der Waals surface area (Å²) in [5.41, 5.74) is 1.56. The third-order valence-corrected chi connectivity index (χ3v) is 3.74. The highest BCUT2D eigenvalue weighted by Gasteiger charge is 2.16. The molecule has 1 saturated carbocycles.